The van der Waals surface area contributed by atoms with Crippen LogP contribution in [0, 0.1) is 5.41 Å². The summed E-state index contributed by atoms with van der Waals surface area (Å²) in [7, 11) is -3.19. The van der Waals surface area contributed by atoms with Crippen molar-refractivity contribution in [2.75, 3.05) is 6.26 Å². The zero-order valence-corrected chi connectivity index (χ0v) is 14.9. The van der Waals surface area contributed by atoms with Crippen molar-refractivity contribution in [3.8, 4) is 5.75 Å². The highest BCUT2D eigenvalue weighted by molar-refractivity contribution is 7.90. The zero-order valence-electron chi connectivity index (χ0n) is 14.1. The van der Waals surface area contributed by atoms with Gasteiger partial charge < -0.3 is 5.11 Å². The van der Waals surface area contributed by atoms with E-state index < -0.39 is 9.84 Å². The molecule has 1 N–H and O–H groups in total. The maximum absolute atomic E-state index is 11.7. The third-order valence-electron chi connectivity index (χ3n) is 5.21. The second-order valence-corrected chi connectivity index (χ2v) is 9.06. The highest BCUT2D eigenvalue weighted by Crippen LogP contribution is 2.54. The Kier molecular flexibility index (Phi) is 3.62. The van der Waals surface area contributed by atoms with Gasteiger partial charge >= 0.3 is 0 Å². The first-order valence-corrected chi connectivity index (χ1v) is 10.3. The first-order chi connectivity index (χ1) is 11.9. The summed E-state index contributed by atoms with van der Waals surface area (Å²) in [5, 5.41) is 9.56. The van der Waals surface area contributed by atoms with Crippen LogP contribution in [0.1, 0.15) is 30.4 Å². The summed E-state index contributed by atoms with van der Waals surface area (Å²) in [4.78, 5) is 0.336. The highest BCUT2D eigenvalue weighted by atomic mass is 32.2. The fourth-order valence-electron chi connectivity index (χ4n) is 3.65. The molecule has 0 amide bonds. The van der Waals surface area contributed by atoms with Crippen LogP contribution in [0.4, 0.5) is 0 Å². The van der Waals surface area contributed by atoms with E-state index in [9.17, 15) is 13.5 Å². The Morgan fingerprint density at radius 2 is 1.32 bits per heavy atom. The van der Waals surface area contributed by atoms with Crippen molar-refractivity contribution in [3.05, 3.63) is 71.8 Å². The summed E-state index contributed by atoms with van der Waals surface area (Å²) in [5.74, 6) is 0.253. The summed E-state index contributed by atoms with van der Waals surface area (Å²) < 4.78 is 23.4. The molecule has 2 aromatic carbocycles. The molecule has 128 valence electrons. The van der Waals surface area contributed by atoms with E-state index in [2.05, 4.69) is 12.2 Å². The number of hydrogen-bond acceptors (Lipinski definition) is 3. The van der Waals surface area contributed by atoms with Crippen molar-refractivity contribution in [1.82, 2.24) is 0 Å². The van der Waals surface area contributed by atoms with Gasteiger partial charge in [-0.2, -0.15) is 0 Å². The molecule has 1 fully saturated rings. The molecule has 3 nitrogen and oxygen atoms in total. The van der Waals surface area contributed by atoms with E-state index in [0.29, 0.717) is 4.90 Å². The molecule has 2 aliphatic rings. The minimum Gasteiger partial charge on any atom is -0.508 e. The number of hydrogen-bond donors (Lipinski definition) is 1. The molecule has 0 radical (unpaired) electrons. The van der Waals surface area contributed by atoms with Crippen LogP contribution in [-0.2, 0) is 9.84 Å². The maximum Gasteiger partial charge on any atom is 0.175 e. The first kappa shape index (κ1) is 16.2. The van der Waals surface area contributed by atoms with Crippen molar-refractivity contribution >= 4 is 21.0 Å². The number of allylic oxidation sites excluding steroid dienone is 4. The molecular weight excluding hydrogens is 332 g/mol. The highest BCUT2D eigenvalue weighted by Gasteiger charge is 2.38. The molecule has 0 bridgehead atoms. The Balaban J connectivity index is 1.77. The van der Waals surface area contributed by atoms with E-state index in [0.717, 1.165) is 35.1 Å². The number of phenols is 1. The molecule has 4 rings (SSSR count). The predicted octanol–water partition coefficient (Wildman–Crippen LogP) is 4.45. The molecule has 2 aliphatic carbocycles. The fourth-order valence-corrected chi connectivity index (χ4v) is 4.28. The lowest BCUT2D eigenvalue weighted by atomic mass is 9.70. The van der Waals surface area contributed by atoms with Gasteiger partial charge in [0.05, 0.1) is 4.90 Å². The Morgan fingerprint density at radius 3 is 1.72 bits per heavy atom. The van der Waals surface area contributed by atoms with Crippen molar-refractivity contribution < 1.29 is 13.5 Å². The molecule has 0 atom stereocenters. The van der Waals surface area contributed by atoms with Crippen LogP contribution in [-0.4, -0.2) is 19.8 Å². The molecule has 2 aromatic rings. The topological polar surface area (TPSA) is 54.4 Å². The minimum absolute atomic E-state index is 0.137. The van der Waals surface area contributed by atoms with Gasteiger partial charge in [-0.15, -0.1) is 0 Å². The molecule has 4 heteroatoms. The van der Waals surface area contributed by atoms with Gasteiger partial charge in [-0.25, -0.2) is 8.42 Å². The lowest BCUT2D eigenvalue weighted by molar-refractivity contribution is 0.282. The molecule has 0 saturated heterocycles. The van der Waals surface area contributed by atoms with Crippen molar-refractivity contribution in [1.29, 1.82) is 0 Å². The quantitative estimate of drug-likeness (QED) is 0.888. The largest absolute Gasteiger partial charge is 0.508 e. The minimum atomic E-state index is -3.19. The van der Waals surface area contributed by atoms with Gasteiger partial charge in [-0.3, -0.25) is 0 Å². The molecule has 0 unspecified atom stereocenters. The molecule has 1 spiro atoms. The predicted molar refractivity (Wildman–Crippen MR) is 99.9 cm³/mol. The molecular formula is C21H20O3S. The molecule has 0 aliphatic heterocycles. The van der Waals surface area contributed by atoms with Gasteiger partial charge in [0.25, 0.3) is 0 Å². The van der Waals surface area contributed by atoms with E-state index in [1.165, 1.54) is 12.7 Å². The van der Waals surface area contributed by atoms with Crippen molar-refractivity contribution in [2.45, 2.75) is 24.2 Å². The van der Waals surface area contributed by atoms with Crippen LogP contribution < -0.4 is 0 Å². The lowest BCUT2D eigenvalue weighted by Gasteiger charge is -2.34. The summed E-state index contributed by atoms with van der Waals surface area (Å²) >= 11 is 0. The lowest BCUT2D eigenvalue weighted by Crippen LogP contribution is -2.22. The van der Waals surface area contributed by atoms with E-state index in [1.54, 1.807) is 24.3 Å². The number of rotatable bonds is 3. The summed E-state index contributed by atoms with van der Waals surface area (Å²) in [6.07, 6.45) is 9.42. The second-order valence-electron chi connectivity index (χ2n) is 7.05. The maximum atomic E-state index is 11.7. The van der Waals surface area contributed by atoms with E-state index >= 15 is 0 Å². The number of phenolic OH excluding ortho intramolecular Hbond substituents is 1. The summed E-state index contributed by atoms with van der Waals surface area (Å²) in [6.45, 7) is 0. The van der Waals surface area contributed by atoms with Crippen LogP contribution in [0.25, 0.3) is 11.1 Å². The van der Waals surface area contributed by atoms with Gasteiger partial charge in [-0.05, 0) is 59.4 Å². The number of aromatic hydroxyl groups is 1. The first-order valence-electron chi connectivity index (χ1n) is 8.42. The van der Waals surface area contributed by atoms with Crippen LogP contribution in [0.2, 0.25) is 0 Å². The third kappa shape index (κ3) is 2.91. The smallest absolute Gasteiger partial charge is 0.175 e. The van der Waals surface area contributed by atoms with Crippen LogP contribution in [0.5, 0.6) is 5.75 Å². The molecule has 0 aromatic heterocycles. The SMILES string of the molecule is CS(=O)(=O)c1ccc(C2=CC3(C=C2c2ccc(O)cc2)CCC3)cc1. The van der Waals surface area contributed by atoms with Gasteiger partial charge in [0.1, 0.15) is 5.75 Å². The van der Waals surface area contributed by atoms with Gasteiger partial charge in [-0.1, -0.05) is 42.8 Å². The van der Waals surface area contributed by atoms with Crippen LogP contribution in [0.3, 0.4) is 0 Å². The summed E-state index contributed by atoms with van der Waals surface area (Å²) in [6, 6.07) is 14.4. The Morgan fingerprint density at radius 1 is 0.840 bits per heavy atom. The van der Waals surface area contributed by atoms with E-state index in [1.807, 2.05) is 24.3 Å². The van der Waals surface area contributed by atoms with Crippen LogP contribution >= 0.6 is 0 Å². The van der Waals surface area contributed by atoms with Gasteiger partial charge in [0, 0.05) is 11.7 Å². The monoisotopic (exact) mass is 352 g/mol. The average Bonchev–Trinajstić information content (AvgIpc) is 2.96. The fraction of sp³-hybridized carbons (Fsp3) is 0.238. The number of benzene rings is 2. The average molecular weight is 352 g/mol. The normalized spacial score (nSPS) is 18.6. The van der Waals surface area contributed by atoms with Crippen LogP contribution in [0.15, 0.2) is 65.6 Å². The van der Waals surface area contributed by atoms with E-state index in [4.69, 9.17) is 0 Å². The molecule has 0 heterocycles. The Labute approximate surface area is 148 Å². The molecule has 25 heavy (non-hydrogen) atoms. The Hall–Kier alpha value is -2.33. The standard InChI is InChI=1S/C21H20O3S/c1-25(23,24)18-9-5-16(6-10-18)20-14-21(11-2-12-21)13-19(20)15-3-7-17(22)8-4-15/h3-10,13-14,22H,2,11-12H2,1H3. The second kappa shape index (κ2) is 5.60. The van der Waals surface area contributed by atoms with Gasteiger partial charge in [0.15, 0.2) is 9.84 Å². The zero-order chi connectivity index (χ0) is 17.7. The van der Waals surface area contributed by atoms with Gasteiger partial charge in [0.2, 0.25) is 0 Å². The molecule has 1 saturated carbocycles. The summed E-state index contributed by atoms with van der Waals surface area (Å²) in [5.41, 5.74) is 4.53. The third-order valence-corrected chi connectivity index (χ3v) is 6.34. The number of sulfone groups is 1. The van der Waals surface area contributed by atoms with E-state index in [-0.39, 0.29) is 11.2 Å². The van der Waals surface area contributed by atoms with Crippen molar-refractivity contribution in [3.63, 3.8) is 0 Å². The van der Waals surface area contributed by atoms with Crippen molar-refractivity contribution in [2.24, 2.45) is 5.41 Å². The Bertz CT molecular complexity index is 974.